The second-order valence-corrected chi connectivity index (χ2v) is 6.36. The van der Waals surface area contributed by atoms with Crippen molar-refractivity contribution in [1.29, 1.82) is 0 Å². The van der Waals surface area contributed by atoms with Crippen LogP contribution in [0.3, 0.4) is 0 Å². The minimum atomic E-state index is -0.901. The van der Waals surface area contributed by atoms with E-state index >= 15 is 0 Å². The van der Waals surface area contributed by atoms with Gasteiger partial charge >= 0.3 is 5.97 Å². The first kappa shape index (κ1) is 15.5. The fraction of sp³-hybridized carbons (Fsp3) is 0.389. The number of pyridine rings is 1. The lowest BCUT2D eigenvalue weighted by Crippen LogP contribution is -2.39. The molecule has 0 radical (unpaired) electrons. The van der Waals surface area contributed by atoms with Crippen molar-refractivity contribution in [3.63, 3.8) is 0 Å². The molecule has 0 aliphatic heterocycles. The molecule has 1 fully saturated rings. The summed E-state index contributed by atoms with van der Waals surface area (Å²) in [6.07, 6.45) is 7.29. The van der Waals surface area contributed by atoms with E-state index in [1.54, 1.807) is 12.4 Å². The summed E-state index contributed by atoms with van der Waals surface area (Å²) in [5.41, 5.74) is 3.10. The summed E-state index contributed by atoms with van der Waals surface area (Å²) in [6.45, 7) is 4.33. The third kappa shape index (κ3) is 2.67. The third-order valence-electron chi connectivity index (χ3n) is 4.76. The first-order chi connectivity index (χ1) is 11.0. The van der Waals surface area contributed by atoms with E-state index in [9.17, 15) is 14.7 Å². The maximum atomic E-state index is 12.6. The molecular formula is C18H20N2O3. The van der Waals surface area contributed by atoms with Crippen molar-refractivity contribution >= 4 is 11.9 Å². The van der Waals surface area contributed by atoms with E-state index in [-0.39, 0.29) is 17.7 Å². The molecule has 4 atom stereocenters. The van der Waals surface area contributed by atoms with Crippen molar-refractivity contribution in [1.82, 2.24) is 10.3 Å². The van der Waals surface area contributed by atoms with Crippen molar-refractivity contribution in [2.75, 3.05) is 0 Å². The Balaban J connectivity index is 1.80. The van der Waals surface area contributed by atoms with Gasteiger partial charge in [0, 0.05) is 30.8 Å². The zero-order valence-corrected chi connectivity index (χ0v) is 13.2. The Labute approximate surface area is 135 Å². The summed E-state index contributed by atoms with van der Waals surface area (Å²) in [7, 11) is 0. The molecule has 1 aromatic heterocycles. The Morgan fingerprint density at radius 2 is 1.91 bits per heavy atom. The lowest BCUT2D eigenvalue weighted by Gasteiger charge is -2.23. The van der Waals surface area contributed by atoms with Crippen molar-refractivity contribution in [3.8, 4) is 0 Å². The number of hydrogen-bond acceptors (Lipinski definition) is 3. The minimum Gasteiger partial charge on any atom is -0.481 e. The van der Waals surface area contributed by atoms with Gasteiger partial charge in [-0.3, -0.25) is 14.6 Å². The van der Waals surface area contributed by atoms with E-state index in [0.29, 0.717) is 6.54 Å². The highest BCUT2D eigenvalue weighted by Gasteiger charge is 2.54. The lowest BCUT2D eigenvalue weighted by molar-refractivity contribution is -0.147. The van der Waals surface area contributed by atoms with Crippen LogP contribution in [0.25, 0.3) is 0 Å². The summed E-state index contributed by atoms with van der Waals surface area (Å²) in [4.78, 5) is 28.4. The van der Waals surface area contributed by atoms with Crippen molar-refractivity contribution in [3.05, 3.63) is 53.4 Å². The van der Waals surface area contributed by atoms with Gasteiger partial charge in [0.15, 0.2) is 0 Å². The quantitative estimate of drug-likeness (QED) is 0.835. The van der Waals surface area contributed by atoms with Crippen molar-refractivity contribution in [2.45, 2.75) is 20.4 Å². The number of carboxylic acids is 1. The van der Waals surface area contributed by atoms with Gasteiger partial charge in [0.05, 0.1) is 11.8 Å². The number of carbonyl (C=O) groups excluding carboxylic acids is 1. The van der Waals surface area contributed by atoms with E-state index < -0.39 is 17.8 Å². The standard InChI is InChI=1S/C18H20N2O3/c1-10(2)14-12-5-6-13(14)16(18(22)23)15(12)17(21)20-9-11-4-3-7-19-8-11/h3-8,12-13,15-16H,9H2,1-2H3,(H,20,21)(H,22,23)/t12-,13-,15-,16-/m1/s1. The first-order valence-electron chi connectivity index (χ1n) is 7.75. The third-order valence-corrected chi connectivity index (χ3v) is 4.76. The number of rotatable bonds is 4. The number of amides is 1. The van der Waals surface area contributed by atoms with E-state index in [4.69, 9.17) is 0 Å². The lowest BCUT2D eigenvalue weighted by atomic mass is 9.82. The van der Waals surface area contributed by atoms with E-state index in [0.717, 1.165) is 16.7 Å². The van der Waals surface area contributed by atoms with Gasteiger partial charge < -0.3 is 10.4 Å². The number of hydrogen-bond donors (Lipinski definition) is 2. The van der Waals surface area contributed by atoms with Crippen LogP contribution in [-0.4, -0.2) is 22.0 Å². The van der Waals surface area contributed by atoms with E-state index in [2.05, 4.69) is 10.3 Å². The van der Waals surface area contributed by atoms with Gasteiger partial charge in [-0.05, 0) is 25.5 Å². The number of fused-ring (bicyclic) bond motifs is 2. The van der Waals surface area contributed by atoms with Crippen LogP contribution in [0, 0.1) is 23.7 Å². The Bertz CT molecular complexity index is 689. The van der Waals surface area contributed by atoms with Crippen LogP contribution < -0.4 is 5.32 Å². The number of aliphatic carboxylic acids is 1. The highest BCUT2D eigenvalue weighted by atomic mass is 16.4. The second kappa shape index (κ2) is 5.99. The summed E-state index contributed by atoms with van der Waals surface area (Å²) in [5.74, 6) is -2.57. The van der Waals surface area contributed by atoms with Gasteiger partial charge in [0.25, 0.3) is 0 Å². The van der Waals surface area contributed by atoms with Gasteiger partial charge in [-0.2, -0.15) is 0 Å². The Morgan fingerprint density at radius 1 is 1.22 bits per heavy atom. The van der Waals surface area contributed by atoms with Gasteiger partial charge in [0.1, 0.15) is 0 Å². The summed E-state index contributed by atoms with van der Waals surface area (Å²) < 4.78 is 0. The molecule has 1 heterocycles. The van der Waals surface area contributed by atoms with Gasteiger partial charge in [-0.1, -0.05) is 29.4 Å². The number of carbonyl (C=O) groups is 2. The molecule has 2 bridgehead atoms. The molecule has 0 unspecified atom stereocenters. The Kier molecular flexibility index (Phi) is 4.03. The Hall–Kier alpha value is -2.43. The summed E-state index contributed by atoms with van der Waals surface area (Å²) in [6, 6.07) is 3.69. The second-order valence-electron chi connectivity index (χ2n) is 6.36. The number of allylic oxidation sites excluding steroid dienone is 4. The van der Waals surface area contributed by atoms with E-state index in [1.165, 1.54) is 0 Å². The van der Waals surface area contributed by atoms with Crippen LogP contribution in [0.4, 0.5) is 0 Å². The van der Waals surface area contributed by atoms with E-state index in [1.807, 2.05) is 38.1 Å². The van der Waals surface area contributed by atoms with Crippen LogP contribution >= 0.6 is 0 Å². The molecule has 1 amide bonds. The van der Waals surface area contributed by atoms with Crippen LogP contribution in [0.2, 0.25) is 0 Å². The SMILES string of the molecule is CC(C)=C1[C@H]2C=C[C@H]1[C@@H](C(=O)NCc1cccnc1)[C@@H]2C(=O)O. The molecular weight excluding hydrogens is 292 g/mol. The number of nitrogens with one attached hydrogen (secondary N) is 1. The maximum absolute atomic E-state index is 12.6. The molecule has 0 spiro atoms. The summed E-state index contributed by atoms with van der Waals surface area (Å²) in [5, 5.41) is 12.5. The summed E-state index contributed by atoms with van der Waals surface area (Å²) >= 11 is 0. The highest BCUT2D eigenvalue weighted by molar-refractivity contribution is 5.88. The average molecular weight is 312 g/mol. The average Bonchev–Trinajstić information content (AvgIpc) is 3.09. The van der Waals surface area contributed by atoms with Gasteiger partial charge in [0.2, 0.25) is 5.91 Å². The zero-order valence-electron chi connectivity index (χ0n) is 13.2. The molecule has 120 valence electrons. The molecule has 2 aliphatic rings. The highest BCUT2D eigenvalue weighted by Crippen LogP contribution is 2.53. The normalized spacial score (nSPS) is 28.0. The first-order valence-corrected chi connectivity index (χ1v) is 7.75. The predicted octanol–water partition coefficient (Wildman–Crippen LogP) is 2.17. The molecule has 2 aliphatic carbocycles. The molecule has 1 aromatic rings. The maximum Gasteiger partial charge on any atom is 0.308 e. The predicted molar refractivity (Wildman–Crippen MR) is 85.2 cm³/mol. The van der Waals surface area contributed by atoms with Crippen LogP contribution in [-0.2, 0) is 16.1 Å². The fourth-order valence-corrected chi connectivity index (χ4v) is 3.85. The minimum absolute atomic E-state index is 0.0972. The van der Waals surface area contributed by atoms with Crippen LogP contribution in [0.15, 0.2) is 47.8 Å². The molecule has 0 aromatic carbocycles. The van der Waals surface area contributed by atoms with Crippen molar-refractivity contribution < 1.29 is 14.7 Å². The monoisotopic (exact) mass is 312 g/mol. The number of nitrogens with zero attached hydrogens (tertiary/aromatic N) is 1. The molecule has 23 heavy (non-hydrogen) atoms. The zero-order chi connectivity index (χ0) is 16.6. The molecule has 2 N–H and O–H groups in total. The van der Waals surface area contributed by atoms with Gasteiger partial charge in [-0.15, -0.1) is 0 Å². The molecule has 3 rings (SSSR count). The fourth-order valence-electron chi connectivity index (χ4n) is 3.85. The smallest absolute Gasteiger partial charge is 0.308 e. The molecule has 5 nitrogen and oxygen atoms in total. The number of aromatic nitrogens is 1. The van der Waals surface area contributed by atoms with Crippen LogP contribution in [0.1, 0.15) is 19.4 Å². The van der Waals surface area contributed by atoms with Crippen molar-refractivity contribution in [2.24, 2.45) is 23.7 Å². The Morgan fingerprint density at radius 3 is 2.48 bits per heavy atom. The molecule has 5 heteroatoms. The van der Waals surface area contributed by atoms with Gasteiger partial charge in [-0.25, -0.2) is 0 Å². The van der Waals surface area contributed by atoms with Crippen LogP contribution in [0.5, 0.6) is 0 Å². The largest absolute Gasteiger partial charge is 0.481 e. The topological polar surface area (TPSA) is 79.3 Å². The molecule has 0 saturated heterocycles. The molecule has 1 saturated carbocycles. The number of carboxylic acid groups (broad SMARTS) is 1.